The van der Waals surface area contributed by atoms with Crippen LogP contribution in [0, 0.1) is 0 Å². The van der Waals surface area contributed by atoms with E-state index in [1.54, 1.807) is 0 Å². The first kappa shape index (κ1) is 14.5. The third-order valence-electron chi connectivity index (χ3n) is 2.50. The van der Waals surface area contributed by atoms with Crippen molar-refractivity contribution in [2.45, 2.75) is 32.2 Å². The van der Waals surface area contributed by atoms with E-state index in [9.17, 15) is 4.79 Å². The number of carbonyl (C=O) groups is 1. The molecule has 0 aromatic rings. The van der Waals surface area contributed by atoms with Crippen LogP contribution in [0.4, 0.5) is 4.79 Å². The first-order chi connectivity index (χ1) is 8.27. The summed E-state index contributed by atoms with van der Waals surface area (Å²) in [7, 11) is 0.649. The summed E-state index contributed by atoms with van der Waals surface area (Å²) in [6, 6.07) is 1.12. The van der Waals surface area contributed by atoms with Crippen LogP contribution in [-0.2, 0) is 9.47 Å². The van der Waals surface area contributed by atoms with Crippen molar-refractivity contribution in [2.75, 3.05) is 32.8 Å². The lowest BCUT2D eigenvalue weighted by atomic mass is 10.4. The van der Waals surface area contributed by atoms with Gasteiger partial charge in [-0.15, -0.1) is 0 Å². The fourth-order valence-electron chi connectivity index (χ4n) is 1.68. The lowest BCUT2D eigenvalue weighted by Gasteiger charge is -2.17. The van der Waals surface area contributed by atoms with Gasteiger partial charge in [-0.25, -0.2) is 4.79 Å². The SMILES string of the molecule is CCOC(OCC)[Si]CCCN1CCNC1=O. The third kappa shape index (κ3) is 5.52. The van der Waals surface area contributed by atoms with Gasteiger partial charge in [0.1, 0.15) is 15.4 Å². The molecule has 1 heterocycles. The number of hydrogen-bond donors (Lipinski definition) is 1. The lowest BCUT2D eigenvalue weighted by Crippen LogP contribution is -2.30. The molecule has 0 bridgehead atoms. The highest BCUT2D eigenvalue weighted by Gasteiger charge is 2.18. The number of amides is 2. The molecule has 0 aliphatic carbocycles. The van der Waals surface area contributed by atoms with Crippen molar-refractivity contribution in [2.24, 2.45) is 0 Å². The quantitative estimate of drug-likeness (QED) is 0.379. The molecular formula is C11H22N2O3Si. The molecule has 0 spiro atoms. The van der Waals surface area contributed by atoms with Crippen LogP contribution in [0.15, 0.2) is 0 Å². The van der Waals surface area contributed by atoms with Gasteiger partial charge in [-0.1, -0.05) is 6.04 Å². The molecule has 98 valence electrons. The molecule has 2 amide bonds. The second-order valence-corrected chi connectivity index (χ2v) is 5.15. The van der Waals surface area contributed by atoms with Gasteiger partial charge in [0.15, 0.2) is 0 Å². The van der Waals surface area contributed by atoms with Gasteiger partial charge >= 0.3 is 6.03 Å². The maximum atomic E-state index is 11.3. The number of nitrogens with zero attached hydrogens (tertiary/aromatic N) is 1. The fraction of sp³-hybridized carbons (Fsp3) is 0.909. The first-order valence-corrected chi connectivity index (χ1v) is 7.55. The molecule has 2 radical (unpaired) electrons. The number of nitrogens with one attached hydrogen (secondary N) is 1. The van der Waals surface area contributed by atoms with Gasteiger partial charge in [0.2, 0.25) is 0 Å². The Balaban J connectivity index is 2.07. The maximum Gasteiger partial charge on any atom is 0.317 e. The summed E-state index contributed by atoms with van der Waals surface area (Å²) < 4.78 is 10.9. The molecule has 0 unspecified atom stereocenters. The topological polar surface area (TPSA) is 50.8 Å². The predicted octanol–water partition coefficient (Wildman–Crippen LogP) is 0.881. The highest BCUT2D eigenvalue weighted by atomic mass is 28.2. The molecule has 17 heavy (non-hydrogen) atoms. The van der Waals surface area contributed by atoms with Crippen LogP contribution in [-0.4, -0.2) is 59.2 Å². The van der Waals surface area contributed by atoms with E-state index in [0.29, 0.717) is 22.7 Å². The van der Waals surface area contributed by atoms with E-state index in [1.165, 1.54) is 0 Å². The van der Waals surface area contributed by atoms with E-state index >= 15 is 0 Å². The first-order valence-electron chi connectivity index (χ1n) is 6.27. The summed E-state index contributed by atoms with van der Waals surface area (Å²) in [6.07, 6.45) is 1.02. The van der Waals surface area contributed by atoms with Crippen LogP contribution in [0.3, 0.4) is 0 Å². The van der Waals surface area contributed by atoms with Crippen LogP contribution in [0.25, 0.3) is 0 Å². The average molecular weight is 258 g/mol. The van der Waals surface area contributed by atoms with Crippen molar-refractivity contribution >= 4 is 15.6 Å². The zero-order chi connectivity index (χ0) is 12.5. The largest absolute Gasteiger partial charge is 0.357 e. The summed E-state index contributed by atoms with van der Waals surface area (Å²) in [6.45, 7) is 7.78. The van der Waals surface area contributed by atoms with Gasteiger partial charge < -0.3 is 19.7 Å². The zero-order valence-corrected chi connectivity index (χ0v) is 11.7. The fourth-order valence-corrected chi connectivity index (χ4v) is 2.85. The second kappa shape index (κ2) is 8.49. The lowest BCUT2D eigenvalue weighted by molar-refractivity contribution is -0.0827. The minimum atomic E-state index is -0.0580. The molecule has 0 aromatic carbocycles. The Labute approximate surface area is 106 Å². The van der Waals surface area contributed by atoms with Crippen LogP contribution < -0.4 is 5.32 Å². The van der Waals surface area contributed by atoms with E-state index in [2.05, 4.69) is 5.32 Å². The Morgan fingerprint density at radius 3 is 2.65 bits per heavy atom. The molecule has 5 nitrogen and oxygen atoms in total. The summed E-state index contributed by atoms with van der Waals surface area (Å²) in [5, 5.41) is 2.80. The summed E-state index contributed by atoms with van der Waals surface area (Å²) in [5.41, 5.74) is 0. The molecule has 1 aliphatic rings. The smallest absolute Gasteiger partial charge is 0.317 e. The average Bonchev–Trinajstić information content (AvgIpc) is 2.71. The third-order valence-corrected chi connectivity index (χ3v) is 3.81. The molecule has 0 atom stereocenters. The normalized spacial score (nSPS) is 15.7. The molecular weight excluding hydrogens is 236 g/mol. The molecule has 1 N–H and O–H groups in total. The number of urea groups is 1. The summed E-state index contributed by atoms with van der Waals surface area (Å²) >= 11 is 0. The minimum Gasteiger partial charge on any atom is -0.357 e. The van der Waals surface area contributed by atoms with Gasteiger partial charge in [-0.2, -0.15) is 0 Å². The number of hydrogen-bond acceptors (Lipinski definition) is 3. The highest BCUT2D eigenvalue weighted by Crippen LogP contribution is 2.03. The minimum absolute atomic E-state index is 0.0580. The Bertz CT molecular complexity index is 223. The van der Waals surface area contributed by atoms with Gasteiger partial charge in [-0.3, -0.25) is 0 Å². The molecule has 6 heteroatoms. The Morgan fingerprint density at radius 1 is 1.41 bits per heavy atom. The van der Waals surface area contributed by atoms with Gasteiger partial charge in [0, 0.05) is 32.8 Å². The van der Waals surface area contributed by atoms with Crippen LogP contribution >= 0.6 is 0 Å². The molecule has 0 saturated carbocycles. The summed E-state index contributed by atoms with van der Waals surface area (Å²) in [4.78, 5) is 13.1. The van der Waals surface area contributed by atoms with Gasteiger partial charge in [-0.05, 0) is 20.3 Å². The van der Waals surface area contributed by atoms with Crippen molar-refractivity contribution in [1.82, 2.24) is 10.2 Å². The number of rotatable bonds is 9. The van der Waals surface area contributed by atoms with Crippen molar-refractivity contribution in [3.05, 3.63) is 0 Å². The monoisotopic (exact) mass is 258 g/mol. The van der Waals surface area contributed by atoms with E-state index in [-0.39, 0.29) is 11.9 Å². The van der Waals surface area contributed by atoms with Crippen LogP contribution in [0.5, 0.6) is 0 Å². The van der Waals surface area contributed by atoms with Crippen LogP contribution in [0.2, 0.25) is 6.04 Å². The van der Waals surface area contributed by atoms with Crippen molar-refractivity contribution in [1.29, 1.82) is 0 Å². The van der Waals surface area contributed by atoms with Gasteiger partial charge in [0.25, 0.3) is 0 Å². The van der Waals surface area contributed by atoms with Crippen molar-refractivity contribution in [3.63, 3.8) is 0 Å². The van der Waals surface area contributed by atoms with E-state index in [0.717, 1.165) is 32.1 Å². The second-order valence-electron chi connectivity index (χ2n) is 3.77. The molecule has 0 aromatic heterocycles. The summed E-state index contributed by atoms with van der Waals surface area (Å²) in [5.74, 6) is -0.0580. The van der Waals surface area contributed by atoms with Crippen LogP contribution in [0.1, 0.15) is 20.3 Å². The molecule has 1 rings (SSSR count). The van der Waals surface area contributed by atoms with E-state index in [4.69, 9.17) is 9.47 Å². The predicted molar refractivity (Wildman–Crippen MR) is 67.2 cm³/mol. The highest BCUT2D eigenvalue weighted by molar-refractivity contribution is 6.36. The Morgan fingerprint density at radius 2 is 2.12 bits per heavy atom. The van der Waals surface area contributed by atoms with E-state index < -0.39 is 0 Å². The Kier molecular flexibility index (Phi) is 7.23. The maximum absolute atomic E-state index is 11.3. The van der Waals surface area contributed by atoms with Crippen molar-refractivity contribution in [3.8, 4) is 0 Å². The standard InChI is InChI=1S/C11H22N2O3Si/c1-3-15-11(16-4-2)17-9-5-7-13-8-6-12-10(13)14/h11H,3-9H2,1-2H3,(H,12,14). The Hall–Kier alpha value is -0.593. The number of carbonyl (C=O) groups excluding carboxylic acids is 1. The molecule has 1 aliphatic heterocycles. The zero-order valence-electron chi connectivity index (χ0n) is 10.7. The van der Waals surface area contributed by atoms with Gasteiger partial charge in [0.05, 0.1) is 0 Å². The van der Waals surface area contributed by atoms with Crippen molar-refractivity contribution < 1.29 is 14.3 Å². The van der Waals surface area contributed by atoms with E-state index in [1.807, 2.05) is 18.7 Å². The number of ether oxygens (including phenoxy) is 2. The molecule has 1 saturated heterocycles. The molecule has 1 fully saturated rings.